The number of aliphatic hydroxyl groups excluding tert-OH is 1. The third-order valence-electron chi connectivity index (χ3n) is 4.07. The molecule has 1 heterocycles. The molecule has 0 aliphatic carbocycles. The second-order valence-corrected chi connectivity index (χ2v) is 5.91. The number of nitrogens with zero attached hydrogens (tertiary/aromatic N) is 2. The standard InChI is InChI=1S/C19H22N2O3/c1-3-20-17-9-4-5-10-18(17)21(19(20)23)12-15(22)13-24-16-8-6-7-14(2)11-16/h4-11,15,22H,3,12-13H2,1-2H3. The van der Waals surface area contributed by atoms with Gasteiger partial charge in [0.05, 0.1) is 17.6 Å². The highest BCUT2D eigenvalue weighted by Gasteiger charge is 2.15. The molecule has 1 unspecified atom stereocenters. The predicted octanol–water partition coefficient (Wildman–Crippen LogP) is 2.57. The molecule has 3 rings (SSSR count). The molecule has 2 aromatic carbocycles. The summed E-state index contributed by atoms with van der Waals surface area (Å²) < 4.78 is 8.96. The van der Waals surface area contributed by atoms with Crippen LogP contribution < -0.4 is 10.4 Å². The van der Waals surface area contributed by atoms with E-state index in [-0.39, 0.29) is 18.8 Å². The van der Waals surface area contributed by atoms with Crippen molar-refractivity contribution < 1.29 is 9.84 Å². The lowest BCUT2D eigenvalue weighted by atomic mass is 10.2. The summed E-state index contributed by atoms with van der Waals surface area (Å²) in [6.07, 6.45) is -0.765. The zero-order chi connectivity index (χ0) is 17.1. The monoisotopic (exact) mass is 326 g/mol. The van der Waals surface area contributed by atoms with Crippen molar-refractivity contribution in [1.29, 1.82) is 0 Å². The highest BCUT2D eigenvalue weighted by molar-refractivity contribution is 5.75. The van der Waals surface area contributed by atoms with Gasteiger partial charge in [0.2, 0.25) is 0 Å². The van der Waals surface area contributed by atoms with Crippen molar-refractivity contribution in [1.82, 2.24) is 9.13 Å². The summed E-state index contributed by atoms with van der Waals surface area (Å²) in [4.78, 5) is 12.5. The van der Waals surface area contributed by atoms with Crippen LogP contribution >= 0.6 is 0 Å². The SMILES string of the molecule is CCn1c(=O)n(CC(O)COc2cccc(C)c2)c2ccccc21. The molecule has 24 heavy (non-hydrogen) atoms. The van der Waals surface area contributed by atoms with Gasteiger partial charge in [0.1, 0.15) is 18.5 Å². The van der Waals surface area contributed by atoms with Gasteiger partial charge in [0.25, 0.3) is 0 Å². The first-order valence-corrected chi connectivity index (χ1v) is 8.15. The lowest BCUT2D eigenvalue weighted by Gasteiger charge is -2.13. The molecule has 0 bridgehead atoms. The van der Waals surface area contributed by atoms with Crippen molar-refractivity contribution in [2.24, 2.45) is 0 Å². The zero-order valence-electron chi connectivity index (χ0n) is 14.0. The number of para-hydroxylation sites is 2. The number of fused-ring (bicyclic) bond motifs is 1. The molecule has 0 radical (unpaired) electrons. The molecule has 0 aliphatic rings. The second-order valence-electron chi connectivity index (χ2n) is 5.91. The lowest BCUT2D eigenvalue weighted by Crippen LogP contribution is -2.31. The van der Waals surface area contributed by atoms with E-state index in [9.17, 15) is 9.90 Å². The third-order valence-corrected chi connectivity index (χ3v) is 4.07. The second kappa shape index (κ2) is 6.93. The van der Waals surface area contributed by atoms with E-state index in [1.807, 2.05) is 62.4 Å². The number of aryl methyl sites for hydroxylation is 2. The molecule has 3 aromatic rings. The molecule has 0 saturated heterocycles. The molecular weight excluding hydrogens is 304 g/mol. The fourth-order valence-electron chi connectivity index (χ4n) is 2.92. The van der Waals surface area contributed by atoms with Crippen LogP contribution in [0.25, 0.3) is 11.0 Å². The van der Waals surface area contributed by atoms with E-state index in [1.54, 1.807) is 9.13 Å². The van der Waals surface area contributed by atoms with E-state index < -0.39 is 6.10 Å². The molecule has 0 amide bonds. The molecule has 0 fully saturated rings. The van der Waals surface area contributed by atoms with Gasteiger partial charge in [-0.3, -0.25) is 9.13 Å². The zero-order valence-corrected chi connectivity index (χ0v) is 14.0. The van der Waals surface area contributed by atoms with Gasteiger partial charge in [-0.05, 0) is 43.7 Å². The number of benzene rings is 2. The summed E-state index contributed by atoms with van der Waals surface area (Å²) in [7, 11) is 0. The van der Waals surface area contributed by atoms with Crippen molar-refractivity contribution in [2.45, 2.75) is 33.0 Å². The Kier molecular flexibility index (Phi) is 4.71. The van der Waals surface area contributed by atoms with Crippen LogP contribution in [-0.4, -0.2) is 27.0 Å². The van der Waals surface area contributed by atoms with Crippen LogP contribution in [0.15, 0.2) is 53.3 Å². The summed E-state index contributed by atoms with van der Waals surface area (Å²) in [6, 6.07) is 15.3. The molecule has 1 aromatic heterocycles. The molecule has 0 aliphatic heterocycles. The number of rotatable bonds is 6. The van der Waals surface area contributed by atoms with Gasteiger partial charge in [0, 0.05) is 6.54 Å². The summed E-state index contributed by atoms with van der Waals surface area (Å²) in [6.45, 7) is 4.87. The number of aromatic nitrogens is 2. The van der Waals surface area contributed by atoms with Crippen molar-refractivity contribution in [3.8, 4) is 5.75 Å². The third kappa shape index (κ3) is 3.21. The number of imidazole rings is 1. The number of aliphatic hydroxyl groups is 1. The van der Waals surface area contributed by atoms with E-state index in [0.29, 0.717) is 6.54 Å². The summed E-state index contributed by atoms with van der Waals surface area (Å²) >= 11 is 0. The number of hydrogen-bond donors (Lipinski definition) is 1. The van der Waals surface area contributed by atoms with Gasteiger partial charge in [-0.1, -0.05) is 24.3 Å². The molecule has 5 heteroatoms. The molecule has 0 saturated carbocycles. The molecular formula is C19H22N2O3. The van der Waals surface area contributed by atoms with Crippen LogP contribution in [0, 0.1) is 6.92 Å². The fraction of sp³-hybridized carbons (Fsp3) is 0.316. The Morgan fingerprint density at radius 3 is 2.46 bits per heavy atom. The predicted molar refractivity (Wildman–Crippen MR) is 94.6 cm³/mol. The first kappa shape index (κ1) is 16.3. The van der Waals surface area contributed by atoms with E-state index >= 15 is 0 Å². The van der Waals surface area contributed by atoms with E-state index in [1.165, 1.54) is 0 Å². The highest BCUT2D eigenvalue weighted by Crippen LogP contribution is 2.15. The van der Waals surface area contributed by atoms with E-state index in [2.05, 4.69) is 0 Å². The molecule has 126 valence electrons. The Morgan fingerprint density at radius 2 is 1.79 bits per heavy atom. The largest absolute Gasteiger partial charge is 0.491 e. The first-order chi connectivity index (χ1) is 11.6. The average molecular weight is 326 g/mol. The number of ether oxygens (including phenoxy) is 1. The summed E-state index contributed by atoms with van der Waals surface area (Å²) in [5.41, 5.74) is 2.72. The van der Waals surface area contributed by atoms with Gasteiger partial charge in [-0.25, -0.2) is 4.79 Å². The van der Waals surface area contributed by atoms with Crippen LogP contribution in [0.4, 0.5) is 0 Å². The van der Waals surface area contributed by atoms with Gasteiger partial charge < -0.3 is 9.84 Å². The molecule has 0 spiro atoms. The summed E-state index contributed by atoms with van der Waals surface area (Å²) in [5.74, 6) is 0.720. The summed E-state index contributed by atoms with van der Waals surface area (Å²) in [5, 5.41) is 10.3. The van der Waals surface area contributed by atoms with Gasteiger partial charge in [-0.15, -0.1) is 0 Å². The lowest BCUT2D eigenvalue weighted by molar-refractivity contribution is 0.0924. The molecule has 1 atom stereocenters. The Labute approximate surface area is 140 Å². The van der Waals surface area contributed by atoms with E-state index in [4.69, 9.17) is 4.74 Å². The van der Waals surface area contributed by atoms with Gasteiger partial charge in [0.15, 0.2) is 0 Å². The normalized spacial score (nSPS) is 12.5. The van der Waals surface area contributed by atoms with E-state index in [0.717, 1.165) is 22.3 Å². The maximum absolute atomic E-state index is 12.5. The van der Waals surface area contributed by atoms with Crippen molar-refractivity contribution in [3.63, 3.8) is 0 Å². The minimum absolute atomic E-state index is 0.103. The average Bonchev–Trinajstić information content (AvgIpc) is 2.85. The van der Waals surface area contributed by atoms with Crippen LogP contribution in [0.3, 0.4) is 0 Å². The Balaban J connectivity index is 1.77. The Bertz CT molecular complexity index is 895. The quantitative estimate of drug-likeness (QED) is 0.757. The van der Waals surface area contributed by atoms with Gasteiger partial charge >= 0.3 is 5.69 Å². The number of hydrogen-bond acceptors (Lipinski definition) is 3. The van der Waals surface area contributed by atoms with Crippen molar-refractivity contribution >= 4 is 11.0 Å². The minimum atomic E-state index is -0.765. The minimum Gasteiger partial charge on any atom is -0.491 e. The fourth-order valence-corrected chi connectivity index (χ4v) is 2.92. The Hall–Kier alpha value is -2.53. The van der Waals surface area contributed by atoms with Crippen molar-refractivity contribution in [3.05, 3.63) is 64.6 Å². The van der Waals surface area contributed by atoms with Crippen LogP contribution in [0.5, 0.6) is 5.75 Å². The van der Waals surface area contributed by atoms with Crippen LogP contribution in [-0.2, 0) is 13.1 Å². The molecule has 1 N–H and O–H groups in total. The van der Waals surface area contributed by atoms with Crippen LogP contribution in [0.1, 0.15) is 12.5 Å². The first-order valence-electron chi connectivity index (χ1n) is 8.15. The van der Waals surface area contributed by atoms with Crippen LogP contribution in [0.2, 0.25) is 0 Å². The maximum Gasteiger partial charge on any atom is 0.329 e. The van der Waals surface area contributed by atoms with Crippen molar-refractivity contribution in [2.75, 3.05) is 6.61 Å². The highest BCUT2D eigenvalue weighted by atomic mass is 16.5. The van der Waals surface area contributed by atoms with Gasteiger partial charge in [-0.2, -0.15) is 0 Å². The smallest absolute Gasteiger partial charge is 0.329 e. The molecule has 5 nitrogen and oxygen atoms in total. The Morgan fingerprint density at radius 1 is 1.08 bits per heavy atom. The maximum atomic E-state index is 12.5. The topological polar surface area (TPSA) is 56.4 Å².